The third kappa shape index (κ3) is 9.85. The van der Waals surface area contributed by atoms with Crippen molar-refractivity contribution in [3.05, 3.63) is 0 Å². The lowest BCUT2D eigenvalue weighted by molar-refractivity contribution is -0.00188. The van der Waals surface area contributed by atoms with Gasteiger partial charge in [0.05, 0.1) is 13.2 Å². The second kappa shape index (κ2) is 12.0. The fourth-order valence-corrected chi connectivity index (χ4v) is 3.34. The minimum absolute atomic E-state index is 0.229. The van der Waals surface area contributed by atoms with Crippen LogP contribution in [0.5, 0.6) is 0 Å². The fraction of sp³-hybridized carbons (Fsp3) is 0.909. The molecule has 8 nitrogen and oxygen atoms in total. The van der Waals surface area contributed by atoms with Gasteiger partial charge in [0.2, 0.25) is 0 Å². The second-order valence-corrected chi connectivity index (χ2v) is 10.3. The van der Waals surface area contributed by atoms with E-state index in [1.54, 1.807) is 41.5 Å². The van der Waals surface area contributed by atoms with E-state index in [1.807, 2.05) is 0 Å². The molecular formula is C22H40F2N2O6. The second-order valence-electron chi connectivity index (χ2n) is 10.3. The highest BCUT2D eigenvalue weighted by Gasteiger charge is 2.34. The van der Waals surface area contributed by atoms with Gasteiger partial charge in [0, 0.05) is 38.0 Å². The van der Waals surface area contributed by atoms with E-state index >= 15 is 0 Å². The number of carbonyl (C=O) groups is 2. The smallest absolute Gasteiger partial charge is 0.410 e. The average Bonchev–Trinajstić information content (AvgIpc) is 2.66. The summed E-state index contributed by atoms with van der Waals surface area (Å²) in [5.74, 6) is -0.970. The quantitative estimate of drug-likeness (QED) is 0.649. The van der Waals surface area contributed by atoms with E-state index in [0.717, 1.165) is 0 Å². The summed E-state index contributed by atoms with van der Waals surface area (Å²) in [6.07, 6.45) is -2.38. The summed E-state index contributed by atoms with van der Waals surface area (Å²) in [5.41, 5.74) is -1.09. The highest BCUT2D eigenvalue weighted by Crippen LogP contribution is 2.23. The summed E-state index contributed by atoms with van der Waals surface area (Å²) in [6.45, 7) is 11.4. The van der Waals surface area contributed by atoms with E-state index in [-0.39, 0.29) is 39.1 Å². The minimum Gasteiger partial charge on any atom is -0.444 e. The highest BCUT2D eigenvalue weighted by atomic mass is 19.1. The molecule has 0 saturated carbocycles. The Kier molecular flexibility index (Phi) is 10.6. The summed E-state index contributed by atoms with van der Waals surface area (Å²) in [7, 11) is 0. The van der Waals surface area contributed by atoms with Gasteiger partial charge in [-0.2, -0.15) is 0 Å². The molecular weight excluding hydrogens is 426 g/mol. The highest BCUT2D eigenvalue weighted by molar-refractivity contribution is 5.68. The largest absolute Gasteiger partial charge is 0.444 e. The van der Waals surface area contributed by atoms with Gasteiger partial charge in [0.15, 0.2) is 0 Å². The molecule has 4 atom stereocenters. The molecule has 0 aromatic carbocycles. The van der Waals surface area contributed by atoms with E-state index in [2.05, 4.69) is 0 Å². The normalized spacial score (nSPS) is 26.7. The van der Waals surface area contributed by atoms with Crippen molar-refractivity contribution in [2.24, 2.45) is 11.8 Å². The van der Waals surface area contributed by atoms with Crippen molar-refractivity contribution in [1.82, 2.24) is 9.80 Å². The van der Waals surface area contributed by atoms with Crippen molar-refractivity contribution in [2.75, 3.05) is 39.4 Å². The summed E-state index contributed by atoms with van der Waals surface area (Å²) < 4.78 is 36.9. The molecule has 0 bridgehead atoms. The topological polar surface area (TPSA) is 99.5 Å². The number of hydrogen-bond acceptors (Lipinski definition) is 6. The van der Waals surface area contributed by atoms with Gasteiger partial charge in [-0.3, -0.25) is 0 Å². The van der Waals surface area contributed by atoms with E-state index in [9.17, 15) is 18.4 Å². The van der Waals surface area contributed by atoms with E-state index in [0.29, 0.717) is 13.1 Å². The van der Waals surface area contributed by atoms with Crippen LogP contribution in [0.25, 0.3) is 0 Å². The first kappa shape index (κ1) is 28.4. The van der Waals surface area contributed by atoms with E-state index < -0.39 is 47.6 Å². The van der Waals surface area contributed by atoms with E-state index in [1.165, 1.54) is 9.80 Å². The number of likely N-dealkylation sites (tertiary alicyclic amines) is 2. The number of amides is 2. The molecule has 0 radical (unpaired) electrons. The van der Waals surface area contributed by atoms with Crippen molar-refractivity contribution in [3.8, 4) is 0 Å². The van der Waals surface area contributed by atoms with Gasteiger partial charge >= 0.3 is 12.2 Å². The van der Waals surface area contributed by atoms with Gasteiger partial charge in [0.1, 0.15) is 23.5 Å². The number of carbonyl (C=O) groups excluding carboxylic acids is 2. The molecule has 0 aromatic rings. The molecule has 2 aliphatic rings. The number of nitrogens with zero attached hydrogens (tertiary/aromatic N) is 2. The van der Waals surface area contributed by atoms with Gasteiger partial charge in [-0.05, 0) is 54.4 Å². The molecule has 2 fully saturated rings. The van der Waals surface area contributed by atoms with Crippen LogP contribution in [0.3, 0.4) is 0 Å². The third-order valence-corrected chi connectivity index (χ3v) is 5.05. The number of aliphatic hydroxyl groups is 2. The molecule has 0 spiro atoms. The van der Waals surface area contributed by atoms with Crippen LogP contribution in [-0.4, -0.2) is 95.1 Å². The van der Waals surface area contributed by atoms with Crippen LogP contribution in [0.4, 0.5) is 18.4 Å². The Morgan fingerprint density at radius 1 is 0.781 bits per heavy atom. The number of alkyl halides is 2. The van der Waals surface area contributed by atoms with Gasteiger partial charge in [-0.15, -0.1) is 0 Å². The number of ether oxygens (including phenoxy) is 2. The SMILES string of the molecule is CC(C)(C)OC(=O)N1CC[C@@H](F)[C@H](CO)C1.CC(C)(C)OC(=O)N1CC[C@H](F)[C@@H](CO)C1. The molecule has 0 aromatic heterocycles. The Balaban J connectivity index is 0.000000320. The summed E-state index contributed by atoms with van der Waals surface area (Å²) in [6, 6.07) is 0. The zero-order chi connectivity index (χ0) is 24.7. The van der Waals surface area contributed by atoms with Crippen LogP contribution in [0, 0.1) is 11.8 Å². The summed E-state index contributed by atoms with van der Waals surface area (Å²) >= 11 is 0. The zero-order valence-corrected chi connectivity index (χ0v) is 20.1. The first-order valence-electron chi connectivity index (χ1n) is 11.1. The third-order valence-electron chi connectivity index (χ3n) is 5.05. The lowest BCUT2D eigenvalue weighted by Gasteiger charge is -2.35. The van der Waals surface area contributed by atoms with Gasteiger partial charge < -0.3 is 29.5 Å². The van der Waals surface area contributed by atoms with Gasteiger partial charge in [-0.1, -0.05) is 0 Å². The van der Waals surface area contributed by atoms with Gasteiger partial charge in [-0.25, -0.2) is 18.4 Å². The molecule has 2 amide bonds. The molecule has 0 aliphatic carbocycles. The zero-order valence-electron chi connectivity index (χ0n) is 20.1. The molecule has 2 aliphatic heterocycles. The molecule has 2 N–H and O–H groups in total. The van der Waals surface area contributed by atoms with Crippen LogP contribution in [-0.2, 0) is 9.47 Å². The lowest BCUT2D eigenvalue weighted by atomic mass is 9.97. The first-order valence-corrected chi connectivity index (χ1v) is 11.1. The summed E-state index contributed by atoms with van der Waals surface area (Å²) in [4.78, 5) is 26.3. The monoisotopic (exact) mass is 466 g/mol. The number of hydrogen-bond donors (Lipinski definition) is 2. The molecule has 2 rings (SSSR count). The van der Waals surface area contributed by atoms with Crippen molar-refractivity contribution < 1.29 is 38.1 Å². The van der Waals surface area contributed by atoms with Gasteiger partial charge in [0.25, 0.3) is 0 Å². The molecule has 2 saturated heterocycles. The Morgan fingerprint density at radius 3 is 1.34 bits per heavy atom. The molecule has 10 heteroatoms. The number of rotatable bonds is 2. The minimum atomic E-state index is -1.02. The number of halogens is 2. The van der Waals surface area contributed by atoms with Crippen molar-refractivity contribution >= 4 is 12.2 Å². The Bertz CT molecular complexity index is 556. The maximum absolute atomic E-state index is 13.3. The Morgan fingerprint density at radius 2 is 1.09 bits per heavy atom. The fourth-order valence-electron chi connectivity index (χ4n) is 3.34. The number of aliphatic hydroxyl groups excluding tert-OH is 2. The van der Waals surface area contributed by atoms with E-state index in [4.69, 9.17) is 19.7 Å². The average molecular weight is 467 g/mol. The van der Waals surface area contributed by atoms with Crippen molar-refractivity contribution in [3.63, 3.8) is 0 Å². The Hall–Kier alpha value is -1.68. The van der Waals surface area contributed by atoms with Crippen LogP contribution >= 0.6 is 0 Å². The summed E-state index contributed by atoms with van der Waals surface area (Å²) in [5, 5.41) is 17.9. The van der Waals surface area contributed by atoms with Crippen molar-refractivity contribution in [2.45, 2.75) is 77.9 Å². The van der Waals surface area contributed by atoms with Crippen LogP contribution < -0.4 is 0 Å². The predicted molar refractivity (Wildman–Crippen MR) is 116 cm³/mol. The standard InChI is InChI=1S/2C11H20FNO3/c2*1-11(2,3)16-10(15)13-5-4-9(12)8(6-13)7-14/h2*8-9,14H,4-7H2,1-3H3/t2*8-,9+/m10/s1. The molecule has 188 valence electrons. The Labute approximate surface area is 189 Å². The van der Waals surface area contributed by atoms with Crippen LogP contribution in [0.1, 0.15) is 54.4 Å². The first-order chi connectivity index (χ1) is 14.7. The van der Waals surface area contributed by atoms with Crippen molar-refractivity contribution in [1.29, 1.82) is 0 Å². The lowest BCUT2D eigenvalue weighted by Crippen LogP contribution is -2.47. The molecule has 32 heavy (non-hydrogen) atoms. The van der Waals surface area contributed by atoms with Crippen LogP contribution in [0.2, 0.25) is 0 Å². The number of piperidine rings is 2. The molecule has 0 unspecified atom stereocenters. The maximum Gasteiger partial charge on any atom is 0.410 e. The molecule has 2 heterocycles. The predicted octanol–water partition coefficient (Wildman–Crippen LogP) is 3.15. The maximum atomic E-state index is 13.3. The van der Waals surface area contributed by atoms with Crippen LogP contribution in [0.15, 0.2) is 0 Å².